The van der Waals surface area contributed by atoms with Gasteiger partial charge in [0.2, 0.25) is 5.75 Å². The lowest BCUT2D eigenvalue weighted by atomic mass is 9.98. The van der Waals surface area contributed by atoms with E-state index in [0.29, 0.717) is 29.4 Å². The molecular weight excluding hydrogens is 410 g/mol. The van der Waals surface area contributed by atoms with E-state index in [1.165, 1.54) is 7.11 Å². The van der Waals surface area contributed by atoms with Gasteiger partial charge in [0.25, 0.3) is 5.91 Å². The number of benzene rings is 2. The van der Waals surface area contributed by atoms with Crippen LogP contribution in [0, 0.1) is 0 Å². The second-order valence-electron chi connectivity index (χ2n) is 8.66. The Hall–Kier alpha value is -3.22. The van der Waals surface area contributed by atoms with Crippen LogP contribution in [0.4, 0.5) is 0 Å². The summed E-state index contributed by atoms with van der Waals surface area (Å²) in [5.41, 5.74) is 1.90. The Bertz CT molecular complexity index is 1040. The fourth-order valence-corrected chi connectivity index (χ4v) is 4.22. The summed E-state index contributed by atoms with van der Waals surface area (Å²) in [5.74, 6) is 0.776. The summed E-state index contributed by atoms with van der Waals surface area (Å²) < 4.78 is 23.1. The number of amides is 1. The molecule has 7 nitrogen and oxygen atoms in total. The third-order valence-electron chi connectivity index (χ3n) is 6.03. The van der Waals surface area contributed by atoms with Crippen LogP contribution in [0.3, 0.4) is 0 Å². The Morgan fingerprint density at radius 1 is 1.00 bits per heavy atom. The summed E-state index contributed by atoms with van der Waals surface area (Å²) in [6.07, 6.45) is 3.86. The zero-order valence-electron chi connectivity index (χ0n) is 18.9. The molecule has 1 fully saturated rings. The van der Waals surface area contributed by atoms with E-state index in [2.05, 4.69) is 5.32 Å². The molecule has 0 radical (unpaired) electrons. The first-order chi connectivity index (χ1) is 15.3. The second-order valence-corrected chi connectivity index (χ2v) is 8.66. The molecule has 2 aromatic carbocycles. The quantitative estimate of drug-likeness (QED) is 0.649. The topological polar surface area (TPSA) is 83.1 Å². The molecule has 1 aliphatic carbocycles. The predicted octanol–water partition coefficient (Wildman–Crippen LogP) is 4.26. The van der Waals surface area contributed by atoms with Gasteiger partial charge in [0, 0.05) is 17.7 Å². The van der Waals surface area contributed by atoms with Gasteiger partial charge in [-0.2, -0.15) is 0 Å². The molecule has 1 N–H and O–H groups in total. The number of methoxy groups -OCH3 is 2. The zero-order valence-corrected chi connectivity index (χ0v) is 18.9. The molecule has 4 rings (SSSR count). The summed E-state index contributed by atoms with van der Waals surface area (Å²) in [5, 5.41) is 2.83. The van der Waals surface area contributed by atoms with Crippen molar-refractivity contribution in [1.29, 1.82) is 0 Å². The van der Waals surface area contributed by atoms with E-state index in [1.54, 1.807) is 33.1 Å². The van der Waals surface area contributed by atoms with Crippen molar-refractivity contribution in [3.63, 3.8) is 0 Å². The van der Waals surface area contributed by atoms with Gasteiger partial charge in [-0.05, 0) is 74.9 Å². The Labute approximate surface area is 188 Å². The molecule has 0 bridgehead atoms. The maximum Gasteiger partial charge on any atom is 0.350 e. The first kappa shape index (κ1) is 22.0. The van der Waals surface area contributed by atoms with Crippen LogP contribution in [0.5, 0.6) is 17.2 Å². The van der Waals surface area contributed by atoms with Gasteiger partial charge in [-0.1, -0.05) is 6.07 Å². The Kier molecular flexibility index (Phi) is 6.00. The molecule has 0 unspecified atom stereocenters. The summed E-state index contributed by atoms with van der Waals surface area (Å²) in [4.78, 5) is 24.9. The summed E-state index contributed by atoms with van der Waals surface area (Å²) in [6.45, 7) is 3.86. The van der Waals surface area contributed by atoms with E-state index in [4.69, 9.17) is 18.9 Å². The van der Waals surface area contributed by atoms with Crippen molar-refractivity contribution in [2.24, 2.45) is 0 Å². The van der Waals surface area contributed by atoms with E-state index in [0.717, 1.165) is 42.4 Å². The van der Waals surface area contributed by atoms with Crippen molar-refractivity contribution in [3.05, 3.63) is 41.5 Å². The van der Waals surface area contributed by atoms with Gasteiger partial charge >= 0.3 is 5.97 Å². The van der Waals surface area contributed by atoms with Gasteiger partial charge in [0.05, 0.1) is 14.2 Å². The first-order valence-electron chi connectivity index (χ1n) is 10.9. The standard InChI is InChI=1S/C25H29NO6/c1-25(2,24(28)31-17-7-5-6-8-17)32-21-18(11-12-20(29-3)22(21)30-4)15-9-10-19-16(13-15)14-26-23(19)27/h9-13,17H,5-8,14H2,1-4H3,(H,26,27). The fourth-order valence-electron chi connectivity index (χ4n) is 4.22. The van der Waals surface area contributed by atoms with Crippen LogP contribution in [-0.2, 0) is 16.1 Å². The lowest BCUT2D eigenvalue weighted by Gasteiger charge is -2.28. The number of fused-ring (bicyclic) bond motifs is 1. The molecule has 1 aliphatic heterocycles. The van der Waals surface area contributed by atoms with Crippen LogP contribution >= 0.6 is 0 Å². The average molecular weight is 440 g/mol. The van der Waals surface area contributed by atoms with Crippen LogP contribution in [0.2, 0.25) is 0 Å². The van der Waals surface area contributed by atoms with Gasteiger partial charge < -0.3 is 24.3 Å². The smallest absolute Gasteiger partial charge is 0.350 e. The van der Waals surface area contributed by atoms with Crippen LogP contribution < -0.4 is 19.5 Å². The van der Waals surface area contributed by atoms with Gasteiger partial charge in [-0.25, -0.2) is 4.79 Å². The van der Waals surface area contributed by atoms with Crippen molar-refractivity contribution < 1.29 is 28.5 Å². The lowest BCUT2D eigenvalue weighted by molar-refractivity contribution is -0.164. The number of esters is 1. The van der Waals surface area contributed by atoms with Crippen molar-refractivity contribution >= 4 is 11.9 Å². The normalized spacial score (nSPS) is 15.8. The van der Waals surface area contributed by atoms with E-state index in [9.17, 15) is 9.59 Å². The average Bonchev–Trinajstić information content (AvgIpc) is 3.42. The predicted molar refractivity (Wildman–Crippen MR) is 119 cm³/mol. The van der Waals surface area contributed by atoms with Gasteiger partial charge in [-0.15, -0.1) is 0 Å². The minimum atomic E-state index is -1.24. The van der Waals surface area contributed by atoms with Gasteiger partial charge in [-0.3, -0.25) is 4.79 Å². The van der Waals surface area contributed by atoms with Crippen molar-refractivity contribution in [1.82, 2.24) is 5.32 Å². The summed E-state index contributed by atoms with van der Waals surface area (Å²) in [7, 11) is 3.08. The van der Waals surface area contributed by atoms with E-state index < -0.39 is 11.6 Å². The third kappa shape index (κ3) is 4.11. The van der Waals surface area contributed by atoms with E-state index >= 15 is 0 Å². The number of ether oxygens (including phenoxy) is 4. The largest absolute Gasteiger partial charge is 0.493 e. The molecule has 1 saturated carbocycles. The highest BCUT2D eigenvalue weighted by molar-refractivity contribution is 5.99. The maximum atomic E-state index is 13.0. The highest BCUT2D eigenvalue weighted by atomic mass is 16.6. The highest BCUT2D eigenvalue weighted by Gasteiger charge is 2.37. The summed E-state index contributed by atoms with van der Waals surface area (Å²) in [6, 6.07) is 9.27. The molecule has 0 saturated heterocycles. The van der Waals surface area contributed by atoms with E-state index in [-0.39, 0.29) is 12.0 Å². The van der Waals surface area contributed by atoms with Gasteiger partial charge in [0.15, 0.2) is 17.1 Å². The molecule has 170 valence electrons. The lowest BCUT2D eigenvalue weighted by Crippen LogP contribution is -2.41. The van der Waals surface area contributed by atoms with Crippen LogP contribution in [0.1, 0.15) is 55.5 Å². The monoisotopic (exact) mass is 439 g/mol. The maximum absolute atomic E-state index is 13.0. The SMILES string of the molecule is COc1ccc(-c2ccc3c(c2)CNC3=O)c(OC(C)(C)C(=O)OC2CCCC2)c1OC. The number of carbonyl (C=O) groups is 2. The van der Waals surface area contributed by atoms with Crippen LogP contribution in [0.15, 0.2) is 30.3 Å². The van der Waals surface area contributed by atoms with Crippen LogP contribution in [-0.4, -0.2) is 37.8 Å². The first-order valence-corrected chi connectivity index (χ1v) is 10.9. The van der Waals surface area contributed by atoms with E-state index in [1.807, 2.05) is 18.2 Å². The Morgan fingerprint density at radius 2 is 1.72 bits per heavy atom. The molecule has 2 aromatic rings. The van der Waals surface area contributed by atoms with Crippen LogP contribution in [0.25, 0.3) is 11.1 Å². The fraction of sp³-hybridized carbons (Fsp3) is 0.440. The molecule has 1 amide bonds. The Morgan fingerprint density at radius 3 is 2.41 bits per heavy atom. The molecule has 0 aromatic heterocycles. The minimum absolute atomic E-state index is 0.0567. The minimum Gasteiger partial charge on any atom is -0.493 e. The molecule has 2 aliphatic rings. The Balaban J connectivity index is 1.72. The van der Waals surface area contributed by atoms with Crippen molar-refractivity contribution in [2.75, 3.05) is 14.2 Å². The third-order valence-corrected chi connectivity index (χ3v) is 6.03. The number of nitrogens with one attached hydrogen (secondary N) is 1. The molecule has 0 atom stereocenters. The molecule has 0 spiro atoms. The molecular formula is C25H29NO6. The number of hydrogen-bond acceptors (Lipinski definition) is 6. The van der Waals surface area contributed by atoms with Crippen molar-refractivity contribution in [2.45, 2.75) is 57.8 Å². The zero-order chi connectivity index (χ0) is 22.9. The van der Waals surface area contributed by atoms with Crippen molar-refractivity contribution in [3.8, 4) is 28.4 Å². The second kappa shape index (κ2) is 8.73. The number of hydrogen-bond donors (Lipinski definition) is 1. The summed E-state index contributed by atoms with van der Waals surface area (Å²) >= 11 is 0. The number of carbonyl (C=O) groups excluding carboxylic acids is 2. The highest BCUT2D eigenvalue weighted by Crippen LogP contribution is 2.46. The molecule has 7 heteroatoms. The number of rotatable bonds is 7. The van der Waals surface area contributed by atoms with Gasteiger partial charge in [0.1, 0.15) is 6.10 Å². The molecule has 32 heavy (non-hydrogen) atoms. The molecule has 1 heterocycles.